The van der Waals surface area contributed by atoms with E-state index in [-0.39, 0.29) is 11.7 Å². The lowest BCUT2D eigenvalue weighted by atomic mass is 10.1. The van der Waals surface area contributed by atoms with Crippen molar-refractivity contribution < 1.29 is 14.7 Å². The Morgan fingerprint density at radius 3 is 2.71 bits per heavy atom. The number of hydrogen-bond donors (Lipinski definition) is 1. The van der Waals surface area contributed by atoms with E-state index in [1.165, 1.54) is 10.9 Å². The van der Waals surface area contributed by atoms with Crippen molar-refractivity contribution in [1.29, 1.82) is 0 Å². The van der Waals surface area contributed by atoms with Gasteiger partial charge in [0.25, 0.3) is 0 Å². The van der Waals surface area contributed by atoms with Crippen LogP contribution in [0.1, 0.15) is 16.8 Å². The van der Waals surface area contributed by atoms with Crippen molar-refractivity contribution >= 4 is 11.8 Å². The van der Waals surface area contributed by atoms with Crippen LogP contribution in [-0.4, -0.2) is 26.6 Å². The molecule has 1 aliphatic carbocycles. The number of aliphatic carboxylic acids is 1. The first kappa shape index (κ1) is 8.93. The van der Waals surface area contributed by atoms with Gasteiger partial charge in [0.05, 0.1) is 17.7 Å². The second-order valence-electron chi connectivity index (χ2n) is 3.55. The van der Waals surface area contributed by atoms with Crippen LogP contribution in [0.25, 0.3) is 0 Å². The molecule has 0 saturated heterocycles. The van der Waals surface area contributed by atoms with Crippen molar-refractivity contribution in [2.45, 2.75) is 6.42 Å². The minimum absolute atomic E-state index is 0.106. The van der Waals surface area contributed by atoms with Gasteiger partial charge in [0.15, 0.2) is 5.78 Å². The average Bonchev–Trinajstić information content (AvgIpc) is 2.82. The maximum atomic E-state index is 11.6. The minimum Gasteiger partial charge on any atom is -0.481 e. The summed E-state index contributed by atoms with van der Waals surface area (Å²) in [4.78, 5) is 22.2. The Morgan fingerprint density at radius 2 is 2.29 bits per heavy atom. The number of nitrogens with zero attached hydrogens (tertiary/aromatic N) is 2. The Balaban J connectivity index is 2.08. The van der Waals surface area contributed by atoms with Crippen molar-refractivity contribution in [2.24, 2.45) is 18.9 Å². The molecule has 5 heteroatoms. The summed E-state index contributed by atoms with van der Waals surface area (Å²) >= 11 is 0. The number of Topliss-reactive ketones (excluding diaryl/α,β-unsaturated/α-hetero) is 1. The number of carboxylic acids is 1. The van der Waals surface area contributed by atoms with Crippen molar-refractivity contribution in [3.63, 3.8) is 0 Å². The molecule has 0 aromatic carbocycles. The lowest BCUT2D eigenvalue weighted by Crippen LogP contribution is -2.07. The molecule has 1 aromatic heterocycles. The van der Waals surface area contributed by atoms with Gasteiger partial charge in [-0.1, -0.05) is 0 Å². The Hall–Kier alpha value is -1.65. The first-order valence-electron chi connectivity index (χ1n) is 4.35. The van der Waals surface area contributed by atoms with Crippen molar-refractivity contribution in [3.8, 4) is 0 Å². The van der Waals surface area contributed by atoms with Gasteiger partial charge in [-0.15, -0.1) is 0 Å². The van der Waals surface area contributed by atoms with Gasteiger partial charge in [0.2, 0.25) is 0 Å². The molecule has 2 atom stereocenters. The maximum absolute atomic E-state index is 11.6. The molecule has 74 valence electrons. The zero-order valence-corrected chi connectivity index (χ0v) is 7.67. The van der Waals surface area contributed by atoms with E-state index in [4.69, 9.17) is 5.11 Å². The fourth-order valence-electron chi connectivity index (χ4n) is 1.52. The summed E-state index contributed by atoms with van der Waals surface area (Å²) in [5.41, 5.74) is 0.501. The molecular weight excluding hydrogens is 184 g/mol. The normalized spacial score (nSPS) is 24.6. The Morgan fingerprint density at radius 1 is 1.57 bits per heavy atom. The third-order valence-corrected chi connectivity index (χ3v) is 2.43. The summed E-state index contributed by atoms with van der Waals surface area (Å²) in [5.74, 6) is -1.81. The summed E-state index contributed by atoms with van der Waals surface area (Å²) < 4.78 is 1.53. The lowest BCUT2D eigenvalue weighted by molar-refractivity contribution is -0.138. The molecule has 0 amide bonds. The first-order valence-corrected chi connectivity index (χ1v) is 4.35. The quantitative estimate of drug-likeness (QED) is 0.703. The maximum Gasteiger partial charge on any atom is 0.307 e. The SMILES string of the molecule is Cn1cc(C(=O)[C@@H]2C[C@H]2C(=O)O)cn1. The second-order valence-corrected chi connectivity index (χ2v) is 3.55. The van der Waals surface area contributed by atoms with Crippen LogP contribution in [0.4, 0.5) is 0 Å². The molecule has 1 fully saturated rings. The molecular formula is C9H10N2O3. The lowest BCUT2D eigenvalue weighted by Gasteiger charge is -1.92. The smallest absolute Gasteiger partial charge is 0.307 e. The number of carbonyl (C=O) groups is 2. The molecule has 0 aliphatic heterocycles. The molecule has 1 saturated carbocycles. The third-order valence-electron chi connectivity index (χ3n) is 2.43. The molecule has 0 radical (unpaired) electrons. The molecule has 14 heavy (non-hydrogen) atoms. The zero-order chi connectivity index (χ0) is 10.3. The molecule has 5 nitrogen and oxygen atoms in total. The zero-order valence-electron chi connectivity index (χ0n) is 7.67. The highest BCUT2D eigenvalue weighted by atomic mass is 16.4. The average molecular weight is 194 g/mol. The Bertz CT molecular complexity index is 397. The van der Waals surface area contributed by atoms with E-state index in [1.54, 1.807) is 13.2 Å². The van der Waals surface area contributed by atoms with Crippen LogP contribution >= 0.6 is 0 Å². The first-order chi connectivity index (χ1) is 6.59. The highest BCUT2D eigenvalue weighted by Crippen LogP contribution is 2.40. The molecule has 1 aromatic rings. The summed E-state index contributed by atoms with van der Waals surface area (Å²) in [5, 5.41) is 12.5. The number of ketones is 1. The molecule has 0 bridgehead atoms. The molecule has 1 aliphatic rings. The standard InChI is InChI=1S/C9H10N2O3/c1-11-4-5(3-10-11)8(12)6-2-7(6)9(13)14/h3-4,6-7H,2H2,1H3,(H,13,14)/t6-,7-/m1/s1. The largest absolute Gasteiger partial charge is 0.481 e. The van der Waals surface area contributed by atoms with E-state index in [0.717, 1.165) is 0 Å². The van der Waals surface area contributed by atoms with Gasteiger partial charge in [0.1, 0.15) is 0 Å². The van der Waals surface area contributed by atoms with Crippen LogP contribution in [0, 0.1) is 11.8 Å². The topological polar surface area (TPSA) is 72.2 Å². The van der Waals surface area contributed by atoms with E-state index in [1.807, 2.05) is 0 Å². The van der Waals surface area contributed by atoms with E-state index in [9.17, 15) is 9.59 Å². The second kappa shape index (κ2) is 2.94. The monoisotopic (exact) mass is 194 g/mol. The molecule has 0 unspecified atom stereocenters. The fraction of sp³-hybridized carbons (Fsp3) is 0.444. The molecule has 1 N–H and O–H groups in total. The predicted molar refractivity (Wildman–Crippen MR) is 46.8 cm³/mol. The van der Waals surface area contributed by atoms with E-state index in [2.05, 4.69) is 5.10 Å². The highest BCUT2D eigenvalue weighted by molar-refractivity contribution is 6.02. The van der Waals surface area contributed by atoms with Crippen LogP contribution in [0.15, 0.2) is 12.4 Å². The number of aromatic nitrogens is 2. The van der Waals surface area contributed by atoms with Crippen LogP contribution in [0.2, 0.25) is 0 Å². The van der Waals surface area contributed by atoms with Gasteiger partial charge in [-0.25, -0.2) is 0 Å². The summed E-state index contributed by atoms with van der Waals surface area (Å²) in [7, 11) is 1.72. The van der Waals surface area contributed by atoms with Crippen molar-refractivity contribution in [1.82, 2.24) is 9.78 Å². The number of rotatable bonds is 3. The summed E-state index contributed by atoms with van der Waals surface area (Å²) in [6.07, 6.45) is 3.54. The summed E-state index contributed by atoms with van der Waals surface area (Å²) in [6.45, 7) is 0. The van der Waals surface area contributed by atoms with Crippen LogP contribution < -0.4 is 0 Å². The van der Waals surface area contributed by atoms with Crippen LogP contribution in [0.3, 0.4) is 0 Å². The predicted octanol–water partition coefficient (Wildman–Crippen LogP) is 0.323. The molecule has 0 spiro atoms. The number of hydrogen-bond acceptors (Lipinski definition) is 3. The van der Waals surface area contributed by atoms with E-state index >= 15 is 0 Å². The van der Waals surface area contributed by atoms with Crippen LogP contribution in [-0.2, 0) is 11.8 Å². The van der Waals surface area contributed by atoms with E-state index in [0.29, 0.717) is 12.0 Å². The summed E-state index contributed by atoms with van der Waals surface area (Å²) in [6, 6.07) is 0. The van der Waals surface area contributed by atoms with Crippen molar-refractivity contribution in [2.75, 3.05) is 0 Å². The van der Waals surface area contributed by atoms with Gasteiger partial charge in [-0.3, -0.25) is 14.3 Å². The Kier molecular flexibility index (Phi) is 1.87. The number of carboxylic acid groups (broad SMARTS) is 1. The Labute approximate surface area is 80.3 Å². The van der Waals surface area contributed by atoms with Gasteiger partial charge < -0.3 is 5.11 Å². The third kappa shape index (κ3) is 1.41. The fourth-order valence-corrected chi connectivity index (χ4v) is 1.52. The number of carbonyl (C=O) groups excluding carboxylic acids is 1. The molecule has 2 rings (SSSR count). The minimum atomic E-state index is -0.882. The van der Waals surface area contributed by atoms with Gasteiger partial charge in [-0.2, -0.15) is 5.10 Å². The van der Waals surface area contributed by atoms with Gasteiger partial charge >= 0.3 is 5.97 Å². The van der Waals surface area contributed by atoms with Gasteiger partial charge in [-0.05, 0) is 6.42 Å². The van der Waals surface area contributed by atoms with E-state index < -0.39 is 11.9 Å². The van der Waals surface area contributed by atoms with Crippen molar-refractivity contribution in [3.05, 3.63) is 18.0 Å². The molecule has 1 heterocycles. The van der Waals surface area contributed by atoms with Crippen LogP contribution in [0.5, 0.6) is 0 Å². The highest BCUT2D eigenvalue weighted by Gasteiger charge is 2.48. The number of aryl methyl sites for hydroxylation is 1. The van der Waals surface area contributed by atoms with Gasteiger partial charge in [0, 0.05) is 19.2 Å².